The molecule has 0 spiro atoms. The maximum absolute atomic E-state index is 11.7. The second kappa shape index (κ2) is 5.21. The Morgan fingerprint density at radius 1 is 1.35 bits per heavy atom. The van der Waals surface area contributed by atoms with Crippen molar-refractivity contribution >= 4 is 11.6 Å². The molecule has 1 amide bonds. The second-order valence-corrected chi connectivity index (χ2v) is 4.49. The van der Waals surface area contributed by atoms with Crippen LogP contribution in [0.1, 0.15) is 19.8 Å². The Kier molecular flexibility index (Phi) is 3.66. The van der Waals surface area contributed by atoms with E-state index in [0.29, 0.717) is 12.3 Å². The van der Waals surface area contributed by atoms with Gasteiger partial charge in [-0.1, -0.05) is 6.92 Å². The Morgan fingerprint density at radius 2 is 2.06 bits per heavy atom. The van der Waals surface area contributed by atoms with Crippen molar-refractivity contribution in [2.24, 2.45) is 7.05 Å². The van der Waals surface area contributed by atoms with E-state index in [1.165, 1.54) is 0 Å². The normalized spacial score (nSPS) is 16.4. The third-order valence-corrected chi connectivity index (χ3v) is 3.15. The summed E-state index contributed by atoms with van der Waals surface area (Å²) >= 11 is 0. The van der Waals surface area contributed by atoms with Crippen LogP contribution in [-0.4, -0.2) is 46.8 Å². The molecule has 0 N–H and O–H groups in total. The summed E-state index contributed by atoms with van der Waals surface area (Å²) < 4.78 is 1.81. The highest BCUT2D eigenvalue weighted by atomic mass is 16.2. The van der Waals surface area contributed by atoms with Gasteiger partial charge in [-0.05, 0) is 6.42 Å². The van der Waals surface area contributed by atoms with Crippen LogP contribution in [0.2, 0.25) is 0 Å². The third kappa shape index (κ3) is 2.78. The molecule has 0 saturated carbocycles. The lowest BCUT2D eigenvalue weighted by atomic mass is 10.2. The molecule has 1 aliphatic rings. The van der Waals surface area contributed by atoms with Crippen LogP contribution >= 0.6 is 0 Å². The molecular formula is C12H20N4O. The van der Waals surface area contributed by atoms with E-state index >= 15 is 0 Å². The molecule has 0 aromatic carbocycles. The summed E-state index contributed by atoms with van der Waals surface area (Å²) in [5, 5.41) is 4.17. The highest BCUT2D eigenvalue weighted by molar-refractivity contribution is 5.76. The predicted octanol–water partition coefficient (Wildman–Crippen LogP) is 0.869. The summed E-state index contributed by atoms with van der Waals surface area (Å²) in [6, 6.07) is 0. The van der Waals surface area contributed by atoms with Gasteiger partial charge in [0.2, 0.25) is 5.91 Å². The molecule has 94 valence electrons. The van der Waals surface area contributed by atoms with E-state index in [0.717, 1.165) is 38.3 Å². The fourth-order valence-corrected chi connectivity index (χ4v) is 2.16. The molecule has 1 fully saturated rings. The van der Waals surface area contributed by atoms with E-state index in [1.807, 2.05) is 35.9 Å². The first-order valence-corrected chi connectivity index (χ1v) is 6.22. The summed E-state index contributed by atoms with van der Waals surface area (Å²) in [7, 11) is 1.92. The van der Waals surface area contributed by atoms with E-state index in [-0.39, 0.29) is 0 Å². The Balaban J connectivity index is 1.88. The molecule has 1 aromatic heterocycles. The van der Waals surface area contributed by atoms with Gasteiger partial charge in [-0.15, -0.1) is 0 Å². The average Bonchev–Trinajstić information content (AvgIpc) is 2.76. The minimum Gasteiger partial charge on any atom is -0.365 e. The van der Waals surface area contributed by atoms with Crippen LogP contribution in [0.25, 0.3) is 0 Å². The van der Waals surface area contributed by atoms with Crippen molar-refractivity contribution in [3.63, 3.8) is 0 Å². The monoisotopic (exact) mass is 236 g/mol. The second-order valence-electron chi connectivity index (χ2n) is 4.49. The Bertz CT molecular complexity index is 380. The largest absolute Gasteiger partial charge is 0.365 e. The Hall–Kier alpha value is -1.52. The number of piperazine rings is 1. The number of carbonyl (C=O) groups excluding carboxylic acids is 1. The van der Waals surface area contributed by atoms with Gasteiger partial charge in [0.05, 0.1) is 11.9 Å². The number of anilines is 1. The molecule has 5 heteroatoms. The number of amides is 1. The molecule has 17 heavy (non-hydrogen) atoms. The minimum atomic E-state index is 0.290. The molecule has 2 heterocycles. The molecule has 0 unspecified atom stereocenters. The molecule has 1 saturated heterocycles. The van der Waals surface area contributed by atoms with Gasteiger partial charge in [0.1, 0.15) is 0 Å². The van der Waals surface area contributed by atoms with Crippen LogP contribution in [0.15, 0.2) is 12.4 Å². The lowest BCUT2D eigenvalue weighted by Gasteiger charge is -2.35. The summed E-state index contributed by atoms with van der Waals surface area (Å²) in [6.07, 6.45) is 5.50. The molecule has 2 rings (SSSR count). The van der Waals surface area contributed by atoms with Crippen molar-refractivity contribution in [1.82, 2.24) is 14.7 Å². The van der Waals surface area contributed by atoms with Gasteiger partial charge in [-0.2, -0.15) is 5.10 Å². The number of nitrogens with zero attached hydrogens (tertiary/aromatic N) is 4. The van der Waals surface area contributed by atoms with Crippen LogP contribution in [0, 0.1) is 0 Å². The minimum absolute atomic E-state index is 0.290. The summed E-state index contributed by atoms with van der Waals surface area (Å²) in [4.78, 5) is 16.0. The fraction of sp³-hybridized carbons (Fsp3) is 0.667. The predicted molar refractivity (Wildman–Crippen MR) is 66.9 cm³/mol. The topological polar surface area (TPSA) is 41.4 Å². The van der Waals surface area contributed by atoms with Gasteiger partial charge < -0.3 is 9.80 Å². The Morgan fingerprint density at radius 3 is 2.59 bits per heavy atom. The van der Waals surface area contributed by atoms with Crippen molar-refractivity contribution in [1.29, 1.82) is 0 Å². The molecule has 1 aliphatic heterocycles. The SMILES string of the molecule is CCCC(=O)N1CCN(c2cnn(C)c2)CC1. The first-order valence-electron chi connectivity index (χ1n) is 6.22. The zero-order valence-corrected chi connectivity index (χ0v) is 10.6. The zero-order chi connectivity index (χ0) is 12.3. The van der Waals surface area contributed by atoms with Crippen molar-refractivity contribution in [2.75, 3.05) is 31.1 Å². The molecule has 0 radical (unpaired) electrons. The standard InChI is InChI=1S/C12H20N4O/c1-3-4-12(17)16-7-5-15(6-8-16)11-9-13-14(2)10-11/h9-10H,3-8H2,1-2H3. The van der Waals surface area contributed by atoms with Crippen molar-refractivity contribution < 1.29 is 4.79 Å². The van der Waals surface area contributed by atoms with Crippen LogP contribution in [0.5, 0.6) is 0 Å². The number of rotatable bonds is 3. The van der Waals surface area contributed by atoms with Gasteiger partial charge in [0, 0.05) is 45.8 Å². The molecule has 0 bridgehead atoms. The van der Waals surface area contributed by atoms with Crippen LogP contribution in [-0.2, 0) is 11.8 Å². The molecular weight excluding hydrogens is 216 g/mol. The Labute approximate surface area is 102 Å². The lowest BCUT2D eigenvalue weighted by Crippen LogP contribution is -2.48. The van der Waals surface area contributed by atoms with Gasteiger partial charge >= 0.3 is 0 Å². The zero-order valence-electron chi connectivity index (χ0n) is 10.6. The van der Waals surface area contributed by atoms with Crippen molar-refractivity contribution in [3.05, 3.63) is 12.4 Å². The van der Waals surface area contributed by atoms with Crippen molar-refractivity contribution in [2.45, 2.75) is 19.8 Å². The van der Waals surface area contributed by atoms with E-state index in [4.69, 9.17) is 0 Å². The fourth-order valence-electron chi connectivity index (χ4n) is 2.16. The lowest BCUT2D eigenvalue weighted by molar-refractivity contribution is -0.131. The molecule has 0 aliphatic carbocycles. The van der Waals surface area contributed by atoms with Gasteiger partial charge in [-0.3, -0.25) is 9.48 Å². The van der Waals surface area contributed by atoms with E-state index in [1.54, 1.807) is 0 Å². The molecule has 1 aromatic rings. The third-order valence-electron chi connectivity index (χ3n) is 3.15. The number of hydrogen-bond acceptors (Lipinski definition) is 3. The highest BCUT2D eigenvalue weighted by Gasteiger charge is 2.20. The average molecular weight is 236 g/mol. The first-order chi connectivity index (χ1) is 8.20. The number of hydrogen-bond donors (Lipinski definition) is 0. The number of carbonyl (C=O) groups is 1. The maximum Gasteiger partial charge on any atom is 0.222 e. The van der Waals surface area contributed by atoms with E-state index in [9.17, 15) is 4.79 Å². The van der Waals surface area contributed by atoms with Crippen LogP contribution in [0.4, 0.5) is 5.69 Å². The van der Waals surface area contributed by atoms with E-state index in [2.05, 4.69) is 10.00 Å². The van der Waals surface area contributed by atoms with Crippen LogP contribution < -0.4 is 4.90 Å². The molecule has 0 atom stereocenters. The maximum atomic E-state index is 11.7. The van der Waals surface area contributed by atoms with Gasteiger partial charge in [0.25, 0.3) is 0 Å². The summed E-state index contributed by atoms with van der Waals surface area (Å²) in [6.45, 7) is 5.51. The smallest absolute Gasteiger partial charge is 0.222 e. The first kappa shape index (κ1) is 12.0. The molecule has 5 nitrogen and oxygen atoms in total. The quantitative estimate of drug-likeness (QED) is 0.782. The number of aromatic nitrogens is 2. The van der Waals surface area contributed by atoms with Crippen LogP contribution in [0.3, 0.4) is 0 Å². The van der Waals surface area contributed by atoms with E-state index < -0.39 is 0 Å². The van der Waals surface area contributed by atoms with Gasteiger partial charge in [0.15, 0.2) is 0 Å². The van der Waals surface area contributed by atoms with Crippen molar-refractivity contribution in [3.8, 4) is 0 Å². The number of aryl methyl sites for hydroxylation is 1. The summed E-state index contributed by atoms with van der Waals surface area (Å²) in [5.74, 6) is 0.290. The summed E-state index contributed by atoms with van der Waals surface area (Å²) in [5.41, 5.74) is 1.15. The highest BCUT2D eigenvalue weighted by Crippen LogP contribution is 2.15. The van der Waals surface area contributed by atoms with Gasteiger partial charge in [-0.25, -0.2) is 0 Å².